The van der Waals surface area contributed by atoms with Gasteiger partial charge in [-0.2, -0.15) is 0 Å². The molecule has 0 saturated carbocycles. The van der Waals surface area contributed by atoms with Crippen molar-refractivity contribution in [1.29, 1.82) is 0 Å². The van der Waals surface area contributed by atoms with Crippen molar-refractivity contribution >= 4 is 22.1 Å². The molecule has 0 aliphatic heterocycles. The Kier molecular flexibility index (Phi) is 2.81. The summed E-state index contributed by atoms with van der Waals surface area (Å²) >= 11 is 1.60. The highest BCUT2D eigenvalue weighted by molar-refractivity contribution is 7.09. The third kappa shape index (κ3) is 1.79. The first-order valence-corrected chi connectivity index (χ1v) is 6.63. The number of benzene rings is 1. The van der Waals surface area contributed by atoms with Crippen LogP contribution in [-0.2, 0) is 0 Å². The van der Waals surface area contributed by atoms with E-state index in [0.717, 1.165) is 26.9 Å². The molecule has 1 unspecified atom stereocenters. The number of aryl methyl sites for hydroxylation is 1. The van der Waals surface area contributed by atoms with E-state index in [2.05, 4.69) is 22.1 Å². The molecule has 2 N–H and O–H groups in total. The molecule has 0 bridgehead atoms. The summed E-state index contributed by atoms with van der Waals surface area (Å²) in [6.45, 7) is 1.99. The van der Waals surface area contributed by atoms with Crippen molar-refractivity contribution < 1.29 is 0 Å². The Balaban J connectivity index is 2.18. The van der Waals surface area contributed by atoms with Crippen molar-refractivity contribution in [3.8, 4) is 0 Å². The Morgan fingerprint density at radius 2 is 2.06 bits per heavy atom. The van der Waals surface area contributed by atoms with Crippen LogP contribution in [0.15, 0.2) is 42.2 Å². The topological polar surface area (TPSA) is 51.8 Å². The number of thiazole rings is 1. The zero-order chi connectivity index (χ0) is 12.5. The molecule has 0 radical (unpaired) electrons. The maximum atomic E-state index is 6.36. The summed E-state index contributed by atoms with van der Waals surface area (Å²) in [6, 6.07) is 8.02. The fourth-order valence-electron chi connectivity index (χ4n) is 2.14. The Bertz CT molecular complexity index is 685. The van der Waals surface area contributed by atoms with Gasteiger partial charge in [0.1, 0.15) is 0 Å². The van der Waals surface area contributed by atoms with Crippen LogP contribution in [0.25, 0.3) is 10.8 Å². The molecular formula is C14H13N3S. The van der Waals surface area contributed by atoms with Gasteiger partial charge in [0.05, 0.1) is 17.2 Å². The van der Waals surface area contributed by atoms with Gasteiger partial charge in [0.2, 0.25) is 0 Å². The van der Waals surface area contributed by atoms with Crippen molar-refractivity contribution in [3.05, 3.63) is 58.3 Å². The van der Waals surface area contributed by atoms with Crippen LogP contribution in [0.5, 0.6) is 0 Å². The average molecular weight is 255 g/mol. The first kappa shape index (κ1) is 11.3. The molecule has 1 aromatic carbocycles. The summed E-state index contributed by atoms with van der Waals surface area (Å²) in [5, 5.41) is 2.28. The summed E-state index contributed by atoms with van der Waals surface area (Å²) < 4.78 is 0. The van der Waals surface area contributed by atoms with E-state index >= 15 is 0 Å². The lowest BCUT2D eigenvalue weighted by molar-refractivity contribution is 0.879. The Hall–Kier alpha value is -1.78. The lowest BCUT2D eigenvalue weighted by Crippen LogP contribution is -2.12. The smallest absolute Gasteiger partial charge is 0.0798 e. The van der Waals surface area contributed by atoms with Gasteiger partial charge in [-0.1, -0.05) is 24.3 Å². The van der Waals surface area contributed by atoms with E-state index in [1.807, 2.05) is 37.0 Å². The van der Waals surface area contributed by atoms with Crippen LogP contribution in [0.2, 0.25) is 0 Å². The van der Waals surface area contributed by atoms with Gasteiger partial charge in [-0.25, -0.2) is 4.98 Å². The predicted octanol–water partition coefficient (Wildman–Crippen LogP) is 3.05. The van der Waals surface area contributed by atoms with Gasteiger partial charge in [0.15, 0.2) is 0 Å². The first-order chi connectivity index (χ1) is 8.77. The molecule has 1 atom stereocenters. The van der Waals surface area contributed by atoms with Gasteiger partial charge in [-0.05, 0) is 12.3 Å². The number of nitrogens with two attached hydrogens (primary N) is 1. The van der Waals surface area contributed by atoms with Gasteiger partial charge in [-0.3, -0.25) is 4.98 Å². The van der Waals surface area contributed by atoms with Crippen LogP contribution in [0.3, 0.4) is 0 Å². The lowest BCUT2D eigenvalue weighted by Gasteiger charge is -2.13. The molecule has 0 amide bonds. The van der Waals surface area contributed by atoms with Crippen molar-refractivity contribution in [2.75, 3.05) is 0 Å². The van der Waals surface area contributed by atoms with Gasteiger partial charge in [0.25, 0.3) is 0 Å². The fourth-order valence-corrected chi connectivity index (χ4v) is 2.96. The highest BCUT2D eigenvalue weighted by Crippen LogP contribution is 2.29. The molecular weight excluding hydrogens is 242 g/mol. The molecule has 0 spiro atoms. The highest BCUT2D eigenvalue weighted by Gasteiger charge is 2.16. The molecule has 90 valence electrons. The molecule has 18 heavy (non-hydrogen) atoms. The molecule has 3 aromatic rings. The van der Waals surface area contributed by atoms with Gasteiger partial charge >= 0.3 is 0 Å². The minimum atomic E-state index is -0.156. The van der Waals surface area contributed by atoms with Crippen LogP contribution in [-0.4, -0.2) is 9.97 Å². The minimum absolute atomic E-state index is 0.156. The Labute approximate surface area is 109 Å². The number of hydrogen-bond donors (Lipinski definition) is 1. The van der Waals surface area contributed by atoms with Crippen molar-refractivity contribution in [1.82, 2.24) is 9.97 Å². The molecule has 4 heteroatoms. The number of fused-ring (bicyclic) bond motifs is 1. The number of hydrogen-bond acceptors (Lipinski definition) is 4. The maximum Gasteiger partial charge on any atom is 0.0798 e. The van der Waals surface area contributed by atoms with E-state index in [4.69, 9.17) is 5.73 Å². The summed E-state index contributed by atoms with van der Waals surface area (Å²) in [7, 11) is 0. The highest BCUT2D eigenvalue weighted by atomic mass is 32.1. The monoisotopic (exact) mass is 255 g/mol. The quantitative estimate of drug-likeness (QED) is 0.765. The number of nitrogens with zero attached hydrogens (tertiary/aromatic N) is 2. The van der Waals surface area contributed by atoms with E-state index in [-0.39, 0.29) is 6.04 Å². The summed E-state index contributed by atoms with van der Waals surface area (Å²) in [6.07, 6.45) is 3.72. The fraction of sp³-hybridized carbons (Fsp3) is 0.143. The van der Waals surface area contributed by atoms with E-state index in [1.54, 1.807) is 11.3 Å². The SMILES string of the molecule is Cc1ncsc1C(N)c1cncc2ccccc12. The second-order valence-electron chi connectivity index (χ2n) is 4.23. The molecule has 3 rings (SSSR count). The Morgan fingerprint density at radius 1 is 1.22 bits per heavy atom. The third-order valence-electron chi connectivity index (χ3n) is 3.10. The van der Waals surface area contributed by atoms with Crippen LogP contribution < -0.4 is 5.73 Å². The minimum Gasteiger partial charge on any atom is -0.319 e. The predicted molar refractivity (Wildman–Crippen MR) is 74.6 cm³/mol. The van der Waals surface area contributed by atoms with Crippen molar-refractivity contribution in [2.45, 2.75) is 13.0 Å². The summed E-state index contributed by atoms with van der Waals surface area (Å²) in [5.41, 5.74) is 10.3. The standard InChI is InChI=1S/C14H13N3S/c1-9-14(18-8-17-9)13(15)12-7-16-6-10-4-2-3-5-11(10)12/h2-8,13H,15H2,1H3. The molecule has 0 saturated heterocycles. The Morgan fingerprint density at radius 3 is 2.83 bits per heavy atom. The summed E-state index contributed by atoms with van der Waals surface area (Å²) in [5.74, 6) is 0. The summed E-state index contributed by atoms with van der Waals surface area (Å²) in [4.78, 5) is 9.64. The van der Waals surface area contributed by atoms with Crippen LogP contribution in [0.1, 0.15) is 22.2 Å². The van der Waals surface area contributed by atoms with Crippen LogP contribution in [0.4, 0.5) is 0 Å². The van der Waals surface area contributed by atoms with Gasteiger partial charge < -0.3 is 5.73 Å². The number of aromatic nitrogens is 2. The molecule has 0 aliphatic rings. The van der Waals surface area contributed by atoms with Gasteiger partial charge in [-0.15, -0.1) is 11.3 Å². The second kappa shape index (κ2) is 4.48. The van der Waals surface area contributed by atoms with E-state index in [0.29, 0.717) is 0 Å². The first-order valence-electron chi connectivity index (χ1n) is 5.75. The largest absolute Gasteiger partial charge is 0.319 e. The third-order valence-corrected chi connectivity index (χ3v) is 4.11. The maximum absolute atomic E-state index is 6.36. The van der Waals surface area contributed by atoms with Gasteiger partial charge in [0, 0.05) is 28.2 Å². The second-order valence-corrected chi connectivity index (χ2v) is 5.12. The molecule has 3 nitrogen and oxygen atoms in total. The average Bonchev–Trinajstić information content (AvgIpc) is 2.83. The van der Waals surface area contributed by atoms with Crippen LogP contribution in [0, 0.1) is 6.92 Å². The normalized spacial score (nSPS) is 12.8. The lowest BCUT2D eigenvalue weighted by atomic mass is 10.0. The number of rotatable bonds is 2. The molecule has 0 fully saturated rings. The van der Waals surface area contributed by atoms with E-state index < -0.39 is 0 Å². The van der Waals surface area contributed by atoms with Crippen molar-refractivity contribution in [2.24, 2.45) is 5.73 Å². The molecule has 0 aliphatic carbocycles. The number of pyridine rings is 1. The molecule has 2 aromatic heterocycles. The van der Waals surface area contributed by atoms with E-state index in [9.17, 15) is 0 Å². The molecule has 2 heterocycles. The van der Waals surface area contributed by atoms with E-state index in [1.165, 1.54) is 0 Å². The van der Waals surface area contributed by atoms with Crippen LogP contribution >= 0.6 is 11.3 Å². The zero-order valence-electron chi connectivity index (χ0n) is 10.00. The zero-order valence-corrected chi connectivity index (χ0v) is 10.8. The van der Waals surface area contributed by atoms with Crippen molar-refractivity contribution in [3.63, 3.8) is 0 Å².